The zero-order chi connectivity index (χ0) is 18.6. The number of piperidine rings is 1. The summed E-state index contributed by atoms with van der Waals surface area (Å²) in [5.41, 5.74) is 2.23. The third-order valence-electron chi connectivity index (χ3n) is 5.09. The lowest BCUT2D eigenvalue weighted by Gasteiger charge is -2.32. The second-order valence-corrected chi connectivity index (χ2v) is 6.97. The van der Waals surface area contributed by atoms with Crippen LogP contribution in [0.4, 0.5) is 11.8 Å². The van der Waals surface area contributed by atoms with Crippen molar-refractivity contribution in [1.29, 1.82) is 0 Å². The molecule has 140 valence electrons. The topological polar surface area (TPSA) is 71.8 Å². The Hall–Kier alpha value is -2.96. The number of nitrogens with one attached hydrogen (secondary N) is 1. The molecule has 0 amide bonds. The van der Waals surface area contributed by atoms with Crippen molar-refractivity contribution in [3.8, 4) is 0 Å². The van der Waals surface area contributed by atoms with E-state index in [4.69, 9.17) is 0 Å². The van der Waals surface area contributed by atoms with E-state index in [1.54, 1.807) is 0 Å². The summed E-state index contributed by atoms with van der Waals surface area (Å²) in [5.74, 6) is 3.32. The van der Waals surface area contributed by atoms with Crippen LogP contribution in [0.5, 0.6) is 0 Å². The fourth-order valence-corrected chi connectivity index (χ4v) is 3.66. The van der Waals surface area contributed by atoms with Gasteiger partial charge in [0.05, 0.1) is 0 Å². The van der Waals surface area contributed by atoms with Crippen molar-refractivity contribution in [1.82, 2.24) is 24.5 Å². The number of nitrogens with zero attached hydrogens (tertiary/aromatic N) is 6. The summed E-state index contributed by atoms with van der Waals surface area (Å²) in [6.45, 7) is 4.73. The minimum Gasteiger partial charge on any atom is -0.373 e. The lowest BCUT2D eigenvalue weighted by molar-refractivity contribution is 0.466. The van der Waals surface area contributed by atoms with Crippen LogP contribution >= 0.6 is 0 Å². The van der Waals surface area contributed by atoms with Crippen LogP contribution < -0.4 is 10.2 Å². The van der Waals surface area contributed by atoms with Gasteiger partial charge in [0.25, 0.3) is 0 Å². The number of aryl methyl sites for hydroxylation is 1. The summed E-state index contributed by atoms with van der Waals surface area (Å²) in [6.07, 6.45) is 9.77. The van der Waals surface area contributed by atoms with E-state index in [2.05, 4.69) is 53.0 Å². The zero-order valence-electron chi connectivity index (χ0n) is 15.8. The predicted octanol–water partition coefficient (Wildman–Crippen LogP) is 2.85. The van der Waals surface area contributed by atoms with Crippen LogP contribution in [0.15, 0.2) is 43.0 Å². The molecule has 0 saturated carbocycles. The van der Waals surface area contributed by atoms with Crippen LogP contribution in [0.3, 0.4) is 0 Å². The van der Waals surface area contributed by atoms with E-state index in [1.165, 1.54) is 11.4 Å². The Labute approximate surface area is 159 Å². The van der Waals surface area contributed by atoms with Crippen LogP contribution in [-0.4, -0.2) is 44.6 Å². The molecule has 0 aliphatic carbocycles. The maximum atomic E-state index is 4.66. The second kappa shape index (κ2) is 7.73. The van der Waals surface area contributed by atoms with Crippen LogP contribution in [0.2, 0.25) is 0 Å². The van der Waals surface area contributed by atoms with E-state index in [9.17, 15) is 0 Å². The first-order valence-electron chi connectivity index (χ1n) is 9.41. The Morgan fingerprint density at radius 1 is 1.11 bits per heavy atom. The molecule has 1 aliphatic heterocycles. The van der Waals surface area contributed by atoms with Crippen molar-refractivity contribution in [2.24, 2.45) is 0 Å². The van der Waals surface area contributed by atoms with Gasteiger partial charge in [-0.3, -0.25) is 4.98 Å². The number of pyridine rings is 1. The quantitative estimate of drug-likeness (QED) is 0.752. The summed E-state index contributed by atoms with van der Waals surface area (Å²) < 4.78 is 2.26. The molecule has 27 heavy (non-hydrogen) atoms. The van der Waals surface area contributed by atoms with Crippen LogP contribution in [0.1, 0.15) is 35.8 Å². The number of imidazole rings is 1. The van der Waals surface area contributed by atoms with Gasteiger partial charge in [0.2, 0.25) is 5.95 Å². The molecule has 7 heteroatoms. The van der Waals surface area contributed by atoms with Gasteiger partial charge in [-0.1, -0.05) is 0 Å². The standard InChI is InChI=1S/C20H25N7/c1-15-13-18(21-2)25-20(24-15)26-10-5-17(6-11-26)19-23-9-12-27(19)14-16-3-7-22-8-4-16/h3-4,7-9,12-13,17H,5-6,10-11,14H2,1-2H3,(H,21,24,25). The van der Waals surface area contributed by atoms with Gasteiger partial charge in [0, 0.05) is 69.1 Å². The highest BCUT2D eigenvalue weighted by Gasteiger charge is 2.25. The molecule has 0 spiro atoms. The Kier molecular flexibility index (Phi) is 5.00. The van der Waals surface area contributed by atoms with Gasteiger partial charge in [-0.25, -0.2) is 9.97 Å². The summed E-state index contributed by atoms with van der Waals surface area (Å²) in [7, 11) is 1.89. The number of hydrogen-bond acceptors (Lipinski definition) is 6. The highest BCUT2D eigenvalue weighted by Crippen LogP contribution is 2.29. The molecule has 1 fully saturated rings. The molecule has 1 N–H and O–H groups in total. The minimum atomic E-state index is 0.465. The number of hydrogen-bond donors (Lipinski definition) is 1. The maximum Gasteiger partial charge on any atom is 0.227 e. The smallest absolute Gasteiger partial charge is 0.227 e. The SMILES string of the molecule is CNc1cc(C)nc(N2CCC(c3nccn3Cc3ccncc3)CC2)n1. The molecule has 4 heterocycles. The van der Waals surface area contributed by atoms with Gasteiger partial charge in [-0.05, 0) is 37.5 Å². The van der Waals surface area contributed by atoms with Gasteiger partial charge < -0.3 is 14.8 Å². The lowest BCUT2D eigenvalue weighted by Crippen LogP contribution is -2.35. The van der Waals surface area contributed by atoms with E-state index >= 15 is 0 Å². The third kappa shape index (κ3) is 3.92. The van der Waals surface area contributed by atoms with E-state index < -0.39 is 0 Å². The van der Waals surface area contributed by atoms with E-state index in [0.29, 0.717) is 5.92 Å². The highest BCUT2D eigenvalue weighted by molar-refractivity contribution is 5.43. The molecule has 0 atom stereocenters. The fourth-order valence-electron chi connectivity index (χ4n) is 3.66. The summed E-state index contributed by atoms with van der Waals surface area (Å²) in [6, 6.07) is 6.08. The fraction of sp³-hybridized carbons (Fsp3) is 0.400. The monoisotopic (exact) mass is 363 g/mol. The maximum absolute atomic E-state index is 4.66. The van der Waals surface area contributed by atoms with Gasteiger partial charge in [0.1, 0.15) is 11.6 Å². The molecule has 3 aromatic rings. The molecule has 4 rings (SSSR count). The summed E-state index contributed by atoms with van der Waals surface area (Å²) >= 11 is 0. The Morgan fingerprint density at radius 3 is 2.63 bits per heavy atom. The molecule has 1 saturated heterocycles. The number of rotatable bonds is 5. The van der Waals surface area contributed by atoms with Crippen molar-refractivity contribution >= 4 is 11.8 Å². The van der Waals surface area contributed by atoms with Crippen molar-refractivity contribution in [2.75, 3.05) is 30.4 Å². The first-order chi connectivity index (χ1) is 13.2. The molecule has 0 radical (unpaired) electrons. The first-order valence-corrected chi connectivity index (χ1v) is 9.41. The molecule has 0 aromatic carbocycles. The zero-order valence-corrected chi connectivity index (χ0v) is 15.8. The number of anilines is 2. The third-order valence-corrected chi connectivity index (χ3v) is 5.09. The van der Waals surface area contributed by atoms with Crippen molar-refractivity contribution in [3.63, 3.8) is 0 Å². The largest absolute Gasteiger partial charge is 0.373 e. The Morgan fingerprint density at radius 2 is 1.89 bits per heavy atom. The van der Waals surface area contributed by atoms with Gasteiger partial charge in [-0.2, -0.15) is 4.98 Å². The molecule has 0 bridgehead atoms. The van der Waals surface area contributed by atoms with Crippen LogP contribution in [-0.2, 0) is 6.54 Å². The Balaban J connectivity index is 1.44. The van der Waals surface area contributed by atoms with Gasteiger partial charge in [-0.15, -0.1) is 0 Å². The minimum absolute atomic E-state index is 0.465. The second-order valence-electron chi connectivity index (χ2n) is 6.97. The molecular weight excluding hydrogens is 338 g/mol. The predicted molar refractivity (Wildman–Crippen MR) is 106 cm³/mol. The molecular formula is C20H25N7. The van der Waals surface area contributed by atoms with E-state index in [-0.39, 0.29) is 0 Å². The summed E-state index contributed by atoms with van der Waals surface area (Å²) in [4.78, 5) is 20.3. The van der Waals surface area contributed by atoms with Gasteiger partial charge >= 0.3 is 0 Å². The molecule has 0 unspecified atom stereocenters. The van der Waals surface area contributed by atoms with Crippen molar-refractivity contribution in [2.45, 2.75) is 32.2 Å². The van der Waals surface area contributed by atoms with Crippen molar-refractivity contribution < 1.29 is 0 Å². The van der Waals surface area contributed by atoms with E-state index in [1.807, 2.05) is 38.6 Å². The summed E-state index contributed by atoms with van der Waals surface area (Å²) in [5, 5.41) is 3.11. The molecule has 3 aromatic heterocycles. The number of aromatic nitrogens is 5. The van der Waals surface area contributed by atoms with Crippen LogP contribution in [0.25, 0.3) is 0 Å². The first kappa shape index (κ1) is 17.5. The average Bonchev–Trinajstić information content (AvgIpc) is 3.16. The van der Waals surface area contributed by atoms with Crippen LogP contribution in [0, 0.1) is 6.92 Å². The lowest BCUT2D eigenvalue weighted by atomic mass is 9.96. The average molecular weight is 363 g/mol. The molecule has 1 aliphatic rings. The Bertz CT molecular complexity index is 882. The van der Waals surface area contributed by atoms with Crippen molar-refractivity contribution in [3.05, 3.63) is 60.1 Å². The molecule has 7 nitrogen and oxygen atoms in total. The van der Waals surface area contributed by atoms with E-state index in [0.717, 1.165) is 49.9 Å². The normalized spacial score (nSPS) is 15.1. The van der Waals surface area contributed by atoms with Gasteiger partial charge in [0.15, 0.2) is 0 Å². The highest BCUT2D eigenvalue weighted by atomic mass is 15.3.